The van der Waals surface area contributed by atoms with Crippen molar-refractivity contribution < 1.29 is 4.92 Å². The molecule has 0 unspecified atom stereocenters. The van der Waals surface area contributed by atoms with Gasteiger partial charge in [0.25, 0.3) is 5.69 Å². The zero-order valence-corrected chi connectivity index (χ0v) is 15.4. The number of piperidine rings is 1. The maximum absolute atomic E-state index is 10.9. The Hall–Kier alpha value is -2.44. The summed E-state index contributed by atoms with van der Waals surface area (Å²) in [6.07, 6.45) is 2.22. The number of aromatic nitrogens is 2. The van der Waals surface area contributed by atoms with Gasteiger partial charge in [0, 0.05) is 23.4 Å². The molecule has 2 heterocycles. The summed E-state index contributed by atoms with van der Waals surface area (Å²) < 4.78 is 1.91. The zero-order chi connectivity index (χ0) is 17.4. The summed E-state index contributed by atoms with van der Waals surface area (Å²) in [5.74, 6) is 0.459. The van der Waals surface area contributed by atoms with Crippen LogP contribution in [-0.2, 0) is 0 Å². The van der Waals surface area contributed by atoms with Crippen molar-refractivity contribution in [2.24, 2.45) is 0 Å². The maximum atomic E-state index is 10.9. The van der Waals surface area contributed by atoms with Gasteiger partial charge >= 0.3 is 0 Å². The first-order valence-corrected chi connectivity index (χ1v) is 8.54. The van der Waals surface area contributed by atoms with Crippen LogP contribution in [-0.4, -0.2) is 39.7 Å². The van der Waals surface area contributed by atoms with Crippen molar-refractivity contribution in [2.75, 3.05) is 20.1 Å². The SMILES string of the molecule is CN1CCC(c2nn(-c3ccc([N+](=O)[O-])cc3)c3ccccc23)CC1.Cl. The molecular weight excluding hydrogens is 352 g/mol. The van der Waals surface area contributed by atoms with Crippen LogP contribution in [0.2, 0.25) is 0 Å². The standard InChI is InChI=1S/C19H20N4O2.ClH/c1-21-12-10-14(11-13-21)19-17-4-2-3-5-18(17)22(20-19)15-6-8-16(9-7-15)23(24)25;/h2-9,14H,10-13H2,1H3;1H. The van der Waals surface area contributed by atoms with Crippen molar-refractivity contribution in [3.05, 3.63) is 64.3 Å². The number of para-hydroxylation sites is 1. The summed E-state index contributed by atoms with van der Waals surface area (Å²) in [7, 11) is 2.16. The summed E-state index contributed by atoms with van der Waals surface area (Å²) in [6.45, 7) is 2.17. The lowest BCUT2D eigenvalue weighted by Gasteiger charge is -2.28. The van der Waals surface area contributed by atoms with E-state index in [-0.39, 0.29) is 23.0 Å². The Morgan fingerprint density at radius 3 is 2.38 bits per heavy atom. The summed E-state index contributed by atoms with van der Waals surface area (Å²) in [5.41, 5.74) is 3.13. The number of rotatable bonds is 3. The van der Waals surface area contributed by atoms with Crippen LogP contribution in [0.5, 0.6) is 0 Å². The van der Waals surface area contributed by atoms with Crippen LogP contribution < -0.4 is 0 Å². The van der Waals surface area contributed by atoms with Crippen LogP contribution in [0.15, 0.2) is 48.5 Å². The third-order valence-electron chi connectivity index (χ3n) is 5.03. The first-order chi connectivity index (χ1) is 12.1. The second kappa shape index (κ2) is 7.43. The second-order valence-corrected chi connectivity index (χ2v) is 6.67. The lowest BCUT2D eigenvalue weighted by Crippen LogP contribution is -2.29. The van der Waals surface area contributed by atoms with Gasteiger partial charge in [0.15, 0.2) is 0 Å². The lowest BCUT2D eigenvalue weighted by molar-refractivity contribution is -0.384. The molecule has 1 aliphatic rings. The summed E-state index contributed by atoms with van der Waals surface area (Å²) in [4.78, 5) is 12.9. The molecular formula is C19H21ClN4O2. The largest absolute Gasteiger partial charge is 0.306 e. The Balaban J connectivity index is 0.00000196. The predicted octanol–water partition coefficient (Wildman–Crippen LogP) is 4.16. The summed E-state index contributed by atoms with van der Waals surface area (Å²) in [5, 5.41) is 17.0. The number of nitro groups is 1. The molecule has 1 aliphatic heterocycles. The third-order valence-corrected chi connectivity index (χ3v) is 5.03. The molecule has 7 heteroatoms. The fourth-order valence-electron chi connectivity index (χ4n) is 3.59. The average molecular weight is 373 g/mol. The first-order valence-electron chi connectivity index (χ1n) is 8.54. The van der Waals surface area contributed by atoms with Crippen molar-refractivity contribution in [3.8, 4) is 5.69 Å². The highest BCUT2D eigenvalue weighted by molar-refractivity contribution is 5.85. The molecule has 3 aromatic rings. The van der Waals surface area contributed by atoms with E-state index >= 15 is 0 Å². The van der Waals surface area contributed by atoms with E-state index in [4.69, 9.17) is 5.10 Å². The van der Waals surface area contributed by atoms with Gasteiger partial charge in [-0.1, -0.05) is 18.2 Å². The van der Waals surface area contributed by atoms with E-state index in [1.54, 1.807) is 12.1 Å². The monoisotopic (exact) mass is 372 g/mol. The van der Waals surface area contributed by atoms with E-state index in [9.17, 15) is 10.1 Å². The van der Waals surface area contributed by atoms with Crippen molar-refractivity contribution >= 4 is 29.0 Å². The number of fused-ring (bicyclic) bond motifs is 1. The van der Waals surface area contributed by atoms with Gasteiger partial charge in [-0.2, -0.15) is 5.10 Å². The van der Waals surface area contributed by atoms with Crippen LogP contribution in [0.4, 0.5) is 5.69 Å². The molecule has 1 saturated heterocycles. The van der Waals surface area contributed by atoms with Gasteiger partial charge in [0.2, 0.25) is 0 Å². The molecule has 0 atom stereocenters. The Labute approximate surface area is 158 Å². The molecule has 6 nitrogen and oxygen atoms in total. The maximum Gasteiger partial charge on any atom is 0.269 e. The van der Waals surface area contributed by atoms with Gasteiger partial charge in [-0.25, -0.2) is 4.68 Å². The van der Waals surface area contributed by atoms with Gasteiger partial charge in [-0.3, -0.25) is 10.1 Å². The minimum Gasteiger partial charge on any atom is -0.306 e. The highest BCUT2D eigenvalue weighted by Gasteiger charge is 2.24. The van der Waals surface area contributed by atoms with E-state index in [1.807, 2.05) is 16.8 Å². The number of halogens is 1. The predicted molar refractivity (Wildman–Crippen MR) is 104 cm³/mol. The quantitative estimate of drug-likeness (QED) is 0.511. The van der Waals surface area contributed by atoms with Crippen LogP contribution in [0.3, 0.4) is 0 Å². The minimum absolute atomic E-state index is 0. The van der Waals surface area contributed by atoms with Crippen molar-refractivity contribution in [1.29, 1.82) is 0 Å². The van der Waals surface area contributed by atoms with Crippen molar-refractivity contribution in [1.82, 2.24) is 14.7 Å². The van der Waals surface area contributed by atoms with E-state index < -0.39 is 0 Å². The fourth-order valence-corrected chi connectivity index (χ4v) is 3.59. The number of benzene rings is 2. The van der Waals surface area contributed by atoms with Gasteiger partial charge in [0.1, 0.15) is 0 Å². The van der Waals surface area contributed by atoms with Gasteiger partial charge in [-0.15, -0.1) is 12.4 Å². The Morgan fingerprint density at radius 1 is 1.08 bits per heavy atom. The average Bonchev–Trinajstić information content (AvgIpc) is 3.02. The fraction of sp³-hybridized carbons (Fsp3) is 0.316. The molecule has 0 spiro atoms. The Morgan fingerprint density at radius 2 is 1.73 bits per heavy atom. The van der Waals surface area contributed by atoms with Gasteiger partial charge < -0.3 is 4.90 Å². The van der Waals surface area contributed by atoms with E-state index in [0.717, 1.165) is 42.8 Å². The van der Waals surface area contributed by atoms with Crippen LogP contribution in [0, 0.1) is 10.1 Å². The molecule has 0 aliphatic carbocycles. The molecule has 136 valence electrons. The third kappa shape index (κ3) is 3.30. The molecule has 1 aromatic heterocycles. The topological polar surface area (TPSA) is 64.2 Å². The molecule has 0 bridgehead atoms. The number of hydrogen-bond donors (Lipinski definition) is 0. The molecule has 0 N–H and O–H groups in total. The molecule has 0 saturated carbocycles. The molecule has 26 heavy (non-hydrogen) atoms. The molecule has 0 amide bonds. The molecule has 2 aromatic carbocycles. The Kier molecular flexibility index (Phi) is 5.25. The highest BCUT2D eigenvalue weighted by atomic mass is 35.5. The van der Waals surface area contributed by atoms with Crippen LogP contribution in [0.1, 0.15) is 24.5 Å². The van der Waals surface area contributed by atoms with Crippen LogP contribution in [0.25, 0.3) is 16.6 Å². The van der Waals surface area contributed by atoms with E-state index in [0.29, 0.717) is 5.92 Å². The van der Waals surface area contributed by atoms with Crippen molar-refractivity contribution in [2.45, 2.75) is 18.8 Å². The summed E-state index contributed by atoms with van der Waals surface area (Å²) in [6, 6.07) is 14.8. The van der Waals surface area contributed by atoms with E-state index in [2.05, 4.69) is 24.1 Å². The first kappa shape index (κ1) is 18.4. The van der Waals surface area contributed by atoms with Crippen molar-refractivity contribution in [3.63, 3.8) is 0 Å². The summed E-state index contributed by atoms with van der Waals surface area (Å²) >= 11 is 0. The van der Waals surface area contributed by atoms with Gasteiger partial charge in [0.05, 0.1) is 21.8 Å². The Bertz CT molecular complexity index is 915. The number of non-ortho nitro benzene ring substituents is 1. The smallest absolute Gasteiger partial charge is 0.269 e. The van der Waals surface area contributed by atoms with Crippen LogP contribution >= 0.6 is 12.4 Å². The minimum atomic E-state index is -0.380. The number of likely N-dealkylation sites (tertiary alicyclic amines) is 1. The molecule has 0 radical (unpaired) electrons. The number of nitrogens with zero attached hydrogens (tertiary/aromatic N) is 4. The molecule has 1 fully saturated rings. The second-order valence-electron chi connectivity index (χ2n) is 6.67. The number of hydrogen-bond acceptors (Lipinski definition) is 4. The van der Waals surface area contributed by atoms with Gasteiger partial charge in [-0.05, 0) is 51.2 Å². The number of nitro benzene ring substituents is 1. The normalized spacial score (nSPS) is 15.7. The molecule has 4 rings (SSSR count). The zero-order valence-electron chi connectivity index (χ0n) is 14.5. The highest BCUT2D eigenvalue weighted by Crippen LogP contribution is 2.33. The van der Waals surface area contributed by atoms with E-state index in [1.165, 1.54) is 17.5 Å². The lowest BCUT2D eigenvalue weighted by atomic mass is 9.92.